The van der Waals surface area contributed by atoms with E-state index in [0.717, 1.165) is 26.8 Å². The van der Waals surface area contributed by atoms with Gasteiger partial charge in [0.1, 0.15) is 18.2 Å². The van der Waals surface area contributed by atoms with Crippen molar-refractivity contribution in [2.75, 3.05) is 18.5 Å². The minimum atomic E-state index is -0.0908. The number of rotatable bonds is 7. The Hall–Kier alpha value is -2.74. The van der Waals surface area contributed by atoms with Crippen LogP contribution in [0.3, 0.4) is 0 Å². The average Bonchev–Trinajstić information content (AvgIpc) is 2.65. The summed E-state index contributed by atoms with van der Waals surface area (Å²) in [5, 5.41) is 6.98. The topological polar surface area (TPSA) is 89.0 Å². The Bertz CT molecular complexity index is 995. The number of nitrogens with zero attached hydrogens (tertiary/aromatic N) is 3. The van der Waals surface area contributed by atoms with E-state index in [2.05, 4.69) is 60.6 Å². The summed E-state index contributed by atoms with van der Waals surface area (Å²) < 4.78 is 6.67. The minimum absolute atomic E-state index is 0.0484. The Labute approximate surface area is 172 Å². The van der Waals surface area contributed by atoms with Crippen LogP contribution < -0.4 is 15.4 Å². The second-order valence-corrected chi connectivity index (χ2v) is 7.33. The number of amides is 1. The zero-order chi connectivity index (χ0) is 20.1. The van der Waals surface area contributed by atoms with Crippen LogP contribution in [0.25, 0.3) is 10.9 Å². The third-order valence-corrected chi connectivity index (χ3v) is 4.59. The molecule has 2 heterocycles. The van der Waals surface area contributed by atoms with Crippen LogP contribution in [0.15, 0.2) is 41.0 Å². The lowest BCUT2D eigenvalue weighted by atomic mass is 10.1. The monoisotopic (exact) mass is 443 g/mol. The predicted octanol–water partition coefficient (Wildman–Crippen LogP) is 3.78. The van der Waals surface area contributed by atoms with Gasteiger partial charge in [0, 0.05) is 22.8 Å². The molecule has 146 valence electrons. The number of fused-ring (bicyclic) bond motifs is 1. The molecule has 0 fully saturated rings. The third-order valence-electron chi connectivity index (χ3n) is 4.10. The average molecular weight is 444 g/mol. The highest BCUT2D eigenvalue weighted by atomic mass is 79.9. The van der Waals surface area contributed by atoms with Crippen molar-refractivity contribution in [3.05, 3.63) is 52.4 Å². The molecule has 7 nitrogen and oxygen atoms in total. The molecule has 0 aliphatic heterocycles. The van der Waals surface area contributed by atoms with Crippen LogP contribution in [0.4, 0.5) is 5.82 Å². The number of carbonyl (C=O) groups is 1. The second-order valence-electron chi connectivity index (χ2n) is 6.41. The van der Waals surface area contributed by atoms with Gasteiger partial charge in [0.15, 0.2) is 0 Å². The standard InChI is InChI=1S/C20H22BrN5O2/c1-12(15-5-4-6-16(21)9-15)24-20-17-10-19(28-8-7-22-14(3)27)23-11-18(17)25-13(2)26-20/h4-6,9-12H,7-8H2,1-3H3,(H,22,27)(H,24,25,26). The molecular weight excluding hydrogens is 422 g/mol. The highest BCUT2D eigenvalue weighted by Crippen LogP contribution is 2.27. The summed E-state index contributed by atoms with van der Waals surface area (Å²) >= 11 is 3.51. The summed E-state index contributed by atoms with van der Waals surface area (Å²) in [6.07, 6.45) is 1.67. The van der Waals surface area contributed by atoms with Crippen molar-refractivity contribution in [3.63, 3.8) is 0 Å². The van der Waals surface area contributed by atoms with Crippen LogP contribution in [0.1, 0.15) is 31.3 Å². The molecule has 1 unspecified atom stereocenters. The van der Waals surface area contributed by atoms with Gasteiger partial charge >= 0.3 is 0 Å². The molecular formula is C20H22BrN5O2. The number of aromatic nitrogens is 3. The van der Waals surface area contributed by atoms with E-state index in [1.807, 2.05) is 25.1 Å². The van der Waals surface area contributed by atoms with Gasteiger partial charge in [-0.1, -0.05) is 28.1 Å². The zero-order valence-electron chi connectivity index (χ0n) is 16.0. The van der Waals surface area contributed by atoms with E-state index in [4.69, 9.17) is 4.74 Å². The van der Waals surface area contributed by atoms with Gasteiger partial charge in [-0.15, -0.1) is 0 Å². The highest BCUT2D eigenvalue weighted by Gasteiger charge is 2.12. The molecule has 1 amide bonds. The molecule has 2 aromatic heterocycles. The molecule has 0 spiro atoms. The maximum atomic E-state index is 10.9. The Balaban J connectivity index is 1.83. The highest BCUT2D eigenvalue weighted by molar-refractivity contribution is 9.10. The lowest BCUT2D eigenvalue weighted by molar-refractivity contribution is -0.119. The fraction of sp³-hybridized carbons (Fsp3) is 0.300. The first-order valence-corrected chi connectivity index (χ1v) is 9.75. The van der Waals surface area contributed by atoms with Gasteiger partial charge < -0.3 is 15.4 Å². The van der Waals surface area contributed by atoms with Crippen molar-refractivity contribution < 1.29 is 9.53 Å². The molecule has 3 aromatic rings. The summed E-state index contributed by atoms with van der Waals surface area (Å²) in [4.78, 5) is 24.3. The number of halogens is 1. The number of hydrogen-bond acceptors (Lipinski definition) is 6. The fourth-order valence-electron chi connectivity index (χ4n) is 2.77. The van der Waals surface area contributed by atoms with Crippen LogP contribution in [-0.2, 0) is 4.79 Å². The number of anilines is 1. The molecule has 28 heavy (non-hydrogen) atoms. The SMILES string of the molecule is CC(=O)NCCOc1cc2c(NC(C)c3cccc(Br)c3)nc(C)nc2cn1. The van der Waals surface area contributed by atoms with Gasteiger partial charge in [0.25, 0.3) is 0 Å². The fourth-order valence-corrected chi connectivity index (χ4v) is 3.18. The van der Waals surface area contributed by atoms with E-state index in [1.165, 1.54) is 6.92 Å². The van der Waals surface area contributed by atoms with Crippen molar-refractivity contribution >= 4 is 38.6 Å². The summed E-state index contributed by atoms with van der Waals surface area (Å²) in [5.74, 6) is 1.76. The van der Waals surface area contributed by atoms with Gasteiger partial charge in [-0.3, -0.25) is 4.79 Å². The van der Waals surface area contributed by atoms with Crippen molar-refractivity contribution in [3.8, 4) is 5.88 Å². The zero-order valence-corrected chi connectivity index (χ0v) is 17.6. The summed E-state index contributed by atoms with van der Waals surface area (Å²) in [6.45, 7) is 6.16. The van der Waals surface area contributed by atoms with E-state index in [-0.39, 0.29) is 11.9 Å². The number of carbonyl (C=O) groups excluding carboxylic acids is 1. The summed E-state index contributed by atoms with van der Waals surface area (Å²) in [7, 11) is 0. The second kappa shape index (κ2) is 8.97. The van der Waals surface area contributed by atoms with Crippen LogP contribution in [0.5, 0.6) is 5.88 Å². The molecule has 8 heteroatoms. The first-order chi connectivity index (χ1) is 13.4. The van der Waals surface area contributed by atoms with Gasteiger partial charge in [0.05, 0.1) is 24.3 Å². The minimum Gasteiger partial charge on any atom is -0.476 e. The molecule has 1 aromatic carbocycles. The maximum Gasteiger partial charge on any atom is 0.216 e. The van der Waals surface area contributed by atoms with Crippen LogP contribution >= 0.6 is 15.9 Å². The van der Waals surface area contributed by atoms with Gasteiger partial charge in [0.2, 0.25) is 11.8 Å². The number of pyridine rings is 1. The van der Waals surface area contributed by atoms with Crippen LogP contribution in [0, 0.1) is 6.92 Å². The smallest absolute Gasteiger partial charge is 0.216 e. The molecule has 0 aliphatic carbocycles. The van der Waals surface area contributed by atoms with Crippen LogP contribution in [0.2, 0.25) is 0 Å². The molecule has 0 bridgehead atoms. The first-order valence-electron chi connectivity index (χ1n) is 8.96. The normalized spacial score (nSPS) is 11.9. The van der Waals surface area contributed by atoms with E-state index in [9.17, 15) is 4.79 Å². The van der Waals surface area contributed by atoms with Crippen molar-refractivity contribution in [1.82, 2.24) is 20.3 Å². The Morgan fingerprint density at radius 1 is 1.29 bits per heavy atom. The molecule has 0 aliphatic rings. The van der Waals surface area contributed by atoms with Crippen molar-refractivity contribution in [2.24, 2.45) is 0 Å². The largest absolute Gasteiger partial charge is 0.476 e. The Morgan fingerprint density at radius 2 is 2.11 bits per heavy atom. The molecule has 0 saturated carbocycles. The molecule has 3 rings (SSSR count). The van der Waals surface area contributed by atoms with Crippen LogP contribution in [-0.4, -0.2) is 34.0 Å². The molecule has 2 N–H and O–H groups in total. The van der Waals surface area contributed by atoms with E-state index in [0.29, 0.717) is 24.9 Å². The number of hydrogen-bond donors (Lipinski definition) is 2. The third kappa shape index (κ3) is 5.16. The first kappa shape index (κ1) is 20.0. The lowest BCUT2D eigenvalue weighted by Crippen LogP contribution is -2.25. The van der Waals surface area contributed by atoms with E-state index in [1.54, 1.807) is 6.20 Å². The Morgan fingerprint density at radius 3 is 2.86 bits per heavy atom. The number of nitrogens with one attached hydrogen (secondary N) is 2. The van der Waals surface area contributed by atoms with E-state index < -0.39 is 0 Å². The quantitative estimate of drug-likeness (QED) is 0.540. The van der Waals surface area contributed by atoms with Gasteiger partial charge in [-0.2, -0.15) is 0 Å². The number of aryl methyl sites for hydroxylation is 1. The Kier molecular flexibility index (Phi) is 6.41. The molecule has 0 radical (unpaired) electrons. The molecule has 0 saturated heterocycles. The molecule has 1 atom stereocenters. The summed E-state index contributed by atoms with van der Waals surface area (Å²) in [5.41, 5.74) is 1.88. The van der Waals surface area contributed by atoms with Gasteiger partial charge in [-0.05, 0) is 31.5 Å². The number of benzene rings is 1. The van der Waals surface area contributed by atoms with Crippen molar-refractivity contribution in [1.29, 1.82) is 0 Å². The summed E-state index contributed by atoms with van der Waals surface area (Å²) in [6, 6.07) is 10.0. The lowest BCUT2D eigenvalue weighted by Gasteiger charge is -2.17. The van der Waals surface area contributed by atoms with Crippen molar-refractivity contribution in [2.45, 2.75) is 26.8 Å². The maximum absolute atomic E-state index is 10.9. The van der Waals surface area contributed by atoms with Gasteiger partial charge in [-0.25, -0.2) is 15.0 Å². The number of ether oxygens (including phenoxy) is 1. The van der Waals surface area contributed by atoms with E-state index >= 15 is 0 Å². The predicted molar refractivity (Wildman–Crippen MR) is 112 cm³/mol.